The molecule has 24 heavy (non-hydrogen) atoms. The molecule has 0 spiro atoms. The Bertz CT molecular complexity index is 533. The summed E-state index contributed by atoms with van der Waals surface area (Å²) in [5.41, 5.74) is 1.21. The normalized spacial score (nSPS) is 18.9. The largest absolute Gasteiger partial charge is 0.466 e. The van der Waals surface area contributed by atoms with E-state index >= 15 is 0 Å². The second kappa shape index (κ2) is 9.42. The van der Waals surface area contributed by atoms with Crippen LogP contribution in [0.2, 0.25) is 0 Å². The van der Waals surface area contributed by atoms with E-state index in [0.29, 0.717) is 26.1 Å². The zero-order valence-corrected chi connectivity index (χ0v) is 14.7. The van der Waals surface area contributed by atoms with Crippen molar-refractivity contribution in [2.24, 2.45) is 5.92 Å². The molecule has 1 amide bonds. The van der Waals surface area contributed by atoms with Gasteiger partial charge in [0.05, 0.1) is 12.5 Å². The third-order valence-corrected chi connectivity index (χ3v) is 4.48. The van der Waals surface area contributed by atoms with E-state index in [9.17, 15) is 9.59 Å². The number of hydrogen-bond donors (Lipinski definition) is 1. The van der Waals surface area contributed by atoms with Gasteiger partial charge in [-0.1, -0.05) is 30.3 Å². The molecular formula is C19H28N2O3. The van der Waals surface area contributed by atoms with Gasteiger partial charge in [0.25, 0.3) is 0 Å². The summed E-state index contributed by atoms with van der Waals surface area (Å²) in [6.45, 7) is 6.16. The molecule has 0 aromatic heterocycles. The lowest BCUT2D eigenvalue weighted by atomic mass is 9.98. The highest BCUT2D eigenvalue weighted by Gasteiger charge is 2.29. The number of amides is 1. The Morgan fingerprint density at radius 1 is 1.33 bits per heavy atom. The second-order valence-corrected chi connectivity index (χ2v) is 6.27. The topological polar surface area (TPSA) is 58.6 Å². The van der Waals surface area contributed by atoms with Gasteiger partial charge in [0.15, 0.2) is 0 Å². The number of carbonyl (C=O) groups excluding carboxylic acids is 2. The van der Waals surface area contributed by atoms with Gasteiger partial charge in [-0.25, -0.2) is 0 Å². The van der Waals surface area contributed by atoms with Crippen molar-refractivity contribution in [1.29, 1.82) is 0 Å². The number of nitrogens with one attached hydrogen (secondary N) is 1. The van der Waals surface area contributed by atoms with E-state index in [1.165, 1.54) is 5.56 Å². The van der Waals surface area contributed by atoms with Gasteiger partial charge < -0.3 is 15.0 Å². The van der Waals surface area contributed by atoms with E-state index in [-0.39, 0.29) is 23.8 Å². The standard InChI is InChI=1S/C19H28N2O3/c1-3-24-19(23)17-10-7-13-21(14-17)18(22)11-12-20-15(2)16-8-5-4-6-9-16/h4-6,8-9,15,17,20H,3,7,10-14H2,1-2H3/t15-,17-/m1/s1. The van der Waals surface area contributed by atoms with Crippen molar-refractivity contribution < 1.29 is 14.3 Å². The molecule has 5 heteroatoms. The minimum absolute atomic E-state index is 0.108. The van der Waals surface area contributed by atoms with Crippen molar-refractivity contribution in [3.05, 3.63) is 35.9 Å². The minimum atomic E-state index is -0.175. The summed E-state index contributed by atoms with van der Waals surface area (Å²) >= 11 is 0. The monoisotopic (exact) mass is 332 g/mol. The summed E-state index contributed by atoms with van der Waals surface area (Å²) in [5.74, 6) is -0.235. The highest BCUT2D eigenvalue weighted by atomic mass is 16.5. The number of hydrogen-bond acceptors (Lipinski definition) is 4. The Morgan fingerprint density at radius 3 is 2.79 bits per heavy atom. The van der Waals surface area contributed by atoms with Crippen LogP contribution in [0.15, 0.2) is 30.3 Å². The van der Waals surface area contributed by atoms with Gasteiger partial charge >= 0.3 is 5.97 Å². The van der Waals surface area contributed by atoms with Gasteiger partial charge in [0, 0.05) is 32.1 Å². The van der Waals surface area contributed by atoms with Crippen molar-refractivity contribution in [3.63, 3.8) is 0 Å². The Hall–Kier alpha value is -1.88. The predicted octanol–water partition coefficient (Wildman–Crippen LogP) is 2.53. The number of carbonyl (C=O) groups is 2. The van der Waals surface area contributed by atoms with Gasteiger partial charge in [-0.05, 0) is 32.3 Å². The zero-order chi connectivity index (χ0) is 17.4. The first-order valence-electron chi connectivity index (χ1n) is 8.84. The molecule has 1 aromatic rings. The lowest BCUT2D eigenvalue weighted by Crippen LogP contribution is -2.43. The predicted molar refractivity (Wildman–Crippen MR) is 93.4 cm³/mol. The molecule has 0 saturated carbocycles. The molecule has 132 valence electrons. The van der Waals surface area contributed by atoms with E-state index in [1.807, 2.05) is 25.1 Å². The zero-order valence-electron chi connectivity index (χ0n) is 14.7. The number of nitrogens with zero attached hydrogens (tertiary/aromatic N) is 1. The van der Waals surface area contributed by atoms with Gasteiger partial charge in [-0.2, -0.15) is 0 Å². The van der Waals surface area contributed by atoms with Crippen LogP contribution in [-0.2, 0) is 14.3 Å². The van der Waals surface area contributed by atoms with Crippen LogP contribution in [0.5, 0.6) is 0 Å². The maximum absolute atomic E-state index is 12.4. The summed E-state index contributed by atoms with van der Waals surface area (Å²) in [5, 5.41) is 3.38. The van der Waals surface area contributed by atoms with Crippen molar-refractivity contribution in [3.8, 4) is 0 Å². The fourth-order valence-electron chi connectivity index (χ4n) is 3.07. The number of esters is 1. The first kappa shape index (κ1) is 18.5. The Morgan fingerprint density at radius 2 is 2.08 bits per heavy atom. The molecule has 5 nitrogen and oxygen atoms in total. The molecule has 2 rings (SSSR count). The molecule has 2 atom stereocenters. The molecule has 1 aliphatic heterocycles. The highest BCUT2D eigenvalue weighted by Crippen LogP contribution is 2.18. The molecule has 1 aromatic carbocycles. The van der Waals surface area contributed by atoms with Crippen LogP contribution in [0, 0.1) is 5.92 Å². The molecule has 0 bridgehead atoms. The summed E-state index contributed by atoms with van der Waals surface area (Å²) in [6, 6.07) is 10.4. The van der Waals surface area contributed by atoms with Crippen LogP contribution in [-0.4, -0.2) is 43.0 Å². The molecule has 0 radical (unpaired) electrons. The van der Waals surface area contributed by atoms with E-state index in [2.05, 4.69) is 24.4 Å². The first-order chi connectivity index (χ1) is 11.6. The Balaban J connectivity index is 1.75. The molecular weight excluding hydrogens is 304 g/mol. The third kappa shape index (κ3) is 5.34. The lowest BCUT2D eigenvalue weighted by molar-refractivity contribution is -0.151. The van der Waals surface area contributed by atoms with Crippen LogP contribution >= 0.6 is 0 Å². The van der Waals surface area contributed by atoms with Crippen molar-refractivity contribution in [2.75, 3.05) is 26.2 Å². The Labute approximate surface area is 144 Å². The van der Waals surface area contributed by atoms with E-state index in [0.717, 1.165) is 19.4 Å². The number of benzene rings is 1. The molecule has 0 unspecified atom stereocenters. The van der Waals surface area contributed by atoms with Crippen molar-refractivity contribution in [2.45, 2.75) is 39.2 Å². The highest BCUT2D eigenvalue weighted by molar-refractivity contribution is 5.78. The average molecular weight is 332 g/mol. The average Bonchev–Trinajstić information content (AvgIpc) is 2.62. The van der Waals surface area contributed by atoms with E-state index < -0.39 is 0 Å². The first-order valence-corrected chi connectivity index (χ1v) is 8.84. The SMILES string of the molecule is CCOC(=O)[C@@H]1CCCN(C(=O)CCN[C@H](C)c2ccccc2)C1. The maximum atomic E-state index is 12.4. The quantitative estimate of drug-likeness (QED) is 0.780. The fourth-order valence-corrected chi connectivity index (χ4v) is 3.07. The van der Waals surface area contributed by atoms with Gasteiger partial charge in [0.2, 0.25) is 5.91 Å². The summed E-state index contributed by atoms with van der Waals surface area (Å²) in [7, 11) is 0. The number of ether oxygens (including phenoxy) is 1. The van der Waals surface area contributed by atoms with E-state index in [1.54, 1.807) is 4.90 Å². The molecule has 0 aliphatic carbocycles. The smallest absolute Gasteiger partial charge is 0.310 e. The molecule has 1 N–H and O–H groups in total. The number of rotatable bonds is 7. The molecule has 1 fully saturated rings. The van der Waals surface area contributed by atoms with Crippen molar-refractivity contribution in [1.82, 2.24) is 10.2 Å². The van der Waals surface area contributed by atoms with Crippen LogP contribution in [0.3, 0.4) is 0 Å². The fraction of sp³-hybridized carbons (Fsp3) is 0.579. The number of piperidine rings is 1. The second-order valence-electron chi connectivity index (χ2n) is 6.27. The van der Waals surface area contributed by atoms with Crippen molar-refractivity contribution >= 4 is 11.9 Å². The number of likely N-dealkylation sites (tertiary alicyclic amines) is 1. The maximum Gasteiger partial charge on any atom is 0.310 e. The molecule has 1 heterocycles. The van der Waals surface area contributed by atoms with Crippen LogP contribution in [0.4, 0.5) is 0 Å². The minimum Gasteiger partial charge on any atom is -0.466 e. The Kier molecular flexibility index (Phi) is 7.25. The third-order valence-electron chi connectivity index (χ3n) is 4.48. The molecule has 1 aliphatic rings. The van der Waals surface area contributed by atoms with E-state index in [4.69, 9.17) is 4.74 Å². The van der Waals surface area contributed by atoms with Gasteiger partial charge in [-0.3, -0.25) is 9.59 Å². The van der Waals surface area contributed by atoms with Crippen LogP contribution in [0.25, 0.3) is 0 Å². The van der Waals surface area contributed by atoms with Gasteiger partial charge in [0.1, 0.15) is 0 Å². The summed E-state index contributed by atoms with van der Waals surface area (Å²) in [6.07, 6.45) is 2.13. The van der Waals surface area contributed by atoms with Crippen LogP contribution < -0.4 is 5.32 Å². The molecule has 1 saturated heterocycles. The summed E-state index contributed by atoms with van der Waals surface area (Å²) in [4.78, 5) is 26.0. The van der Waals surface area contributed by atoms with Crippen LogP contribution in [0.1, 0.15) is 44.7 Å². The summed E-state index contributed by atoms with van der Waals surface area (Å²) < 4.78 is 5.08. The lowest BCUT2D eigenvalue weighted by Gasteiger charge is -2.31. The van der Waals surface area contributed by atoms with Gasteiger partial charge in [-0.15, -0.1) is 0 Å².